The third kappa shape index (κ3) is 3.03. The molecule has 1 amide bonds. The number of unbranched alkanes of at least 4 members (excludes halogenated alkanes) is 1. The van der Waals surface area contributed by atoms with Gasteiger partial charge in [0.05, 0.1) is 11.6 Å². The van der Waals surface area contributed by atoms with Crippen LogP contribution in [0.3, 0.4) is 0 Å². The average Bonchev–Trinajstić information content (AvgIpc) is 2.72. The van der Waals surface area contributed by atoms with Crippen LogP contribution in [0.25, 0.3) is 6.08 Å². The van der Waals surface area contributed by atoms with Crippen LogP contribution in [0.4, 0.5) is 0 Å². The van der Waals surface area contributed by atoms with Crippen LogP contribution in [0, 0.1) is 11.3 Å². The van der Waals surface area contributed by atoms with Crippen LogP contribution in [-0.4, -0.2) is 22.5 Å². The summed E-state index contributed by atoms with van der Waals surface area (Å²) >= 11 is 5.17. The van der Waals surface area contributed by atoms with E-state index in [0.717, 1.165) is 18.4 Å². The summed E-state index contributed by atoms with van der Waals surface area (Å²) < 4.78 is 0. The van der Waals surface area contributed by atoms with Gasteiger partial charge in [0.2, 0.25) is 0 Å². The van der Waals surface area contributed by atoms with Crippen molar-refractivity contribution in [2.45, 2.75) is 19.8 Å². The smallest absolute Gasteiger partial charge is 0.276 e. The van der Waals surface area contributed by atoms with E-state index in [-0.39, 0.29) is 5.91 Å². The van der Waals surface area contributed by atoms with Crippen LogP contribution in [0.15, 0.2) is 30.0 Å². The highest BCUT2D eigenvalue weighted by atomic mass is 32.1. The van der Waals surface area contributed by atoms with E-state index in [4.69, 9.17) is 17.5 Å². The molecule has 0 aliphatic carbocycles. The largest absolute Gasteiger partial charge is 0.328 e. The fourth-order valence-electron chi connectivity index (χ4n) is 1.96. The second-order valence-electron chi connectivity index (χ2n) is 4.54. The van der Waals surface area contributed by atoms with Crippen molar-refractivity contribution in [1.29, 1.82) is 5.26 Å². The van der Waals surface area contributed by atoms with Crippen LogP contribution in [0.5, 0.6) is 0 Å². The summed E-state index contributed by atoms with van der Waals surface area (Å²) in [5, 5.41) is 12.3. The minimum absolute atomic E-state index is 0.106. The molecule has 1 aliphatic heterocycles. The van der Waals surface area contributed by atoms with Gasteiger partial charge in [0.15, 0.2) is 5.11 Å². The van der Waals surface area contributed by atoms with Gasteiger partial charge in [-0.15, -0.1) is 0 Å². The Hall–Kier alpha value is -2.19. The molecule has 0 atom stereocenters. The standard InChI is InChI=1S/C15H15N3OS/c1-2-3-7-18-14(19)13(17-15(18)20)9-11-5-4-6-12(8-11)10-16/h4-6,8-9H,2-3,7H2,1H3,(H,17,20)/b13-9-. The Morgan fingerprint density at radius 2 is 2.30 bits per heavy atom. The molecule has 1 aromatic rings. The first-order valence-corrected chi connectivity index (χ1v) is 6.91. The third-order valence-corrected chi connectivity index (χ3v) is 3.35. The second-order valence-corrected chi connectivity index (χ2v) is 4.92. The van der Waals surface area contributed by atoms with Crippen molar-refractivity contribution in [3.8, 4) is 6.07 Å². The Balaban J connectivity index is 2.21. The summed E-state index contributed by atoms with van der Waals surface area (Å²) in [6, 6.07) is 9.18. The van der Waals surface area contributed by atoms with Gasteiger partial charge in [0, 0.05) is 6.54 Å². The Bertz CT molecular complexity index is 616. The molecule has 1 fully saturated rings. The third-order valence-electron chi connectivity index (χ3n) is 3.02. The maximum Gasteiger partial charge on any atom is 0.276 e. The number of hydrogen-bond acceptors (Lipinski definition) is 3. The van der Waals surface area contributed by atoms with Crippen molar-refractivity contribution in [2.75, 3.05) is 6.54 Å². The van der Waals surface area contributed by atoms with Crippen LogP contribution in [-0.2, 0) is 4.79 Å². The Morgan fingerprint density at radius 3 is 3.00 bits per heavy atom. The SMILES string of the molecule is CCCCN1C(=O)/C(=C/c2cccc(C#N)c2)NC1=S. The van der Waals surface area contributed by atoms with Gasteiger partial charge in [-0.1, -0.05) is 25.5 Å². The summed E-state index contributed by atoms with van der Waals surface area (Å²) in [5.41, 5.74) is 1.83. The average molecular weight is 285 g/mol. The quantitative estimate of drug-likeness (QED) is 0.682. The van der Waals surface area contributed by atoms with E-state index in [1.54, 1.807) is 29.2 Å². The lowest BCUT2D eigenvalue weighted by molar-refractivity contribution is -0.122. The van der Waals surface area contributed by atoms with E-state index in [1.165, 1.54) is 0 Å². The molecule has 1 saturated heterocycles. The van der Waals surface area contributed by atoms with Crippen molar-refractivity contribution in [3.63, 3.8) is 0 Å². The Labute approximate surface area is 123 Å². The van der Waals surface area contributed by atoms with Gasteiger partial charge < -0.3 is 5.32 Å². The lowest BCUT2D eigenvalue weighted by Gasteiger charge is -2.12. The highest BCUT2D eigenvalue weighted by Crippen LogP contribution is 2.15. The first kappa shape index (κ1) is 14.2. The van der Waals surface area contributed by atoms with E-state index in [2.05, 4.69) is 18.3 Å². The lowest BCUT2D eigenvalue weighted by Crippen LogP contribution is -2.31. The molecule has 1 N–H and O–H groups in total. The molecule has 1 heterocycles. The predicted molar refractivity (Wildman–Crippen MR) is 81.5 cm³/mol. The number of nitrogens with one attached hydrogen (secondary N) is 1. The molecule has 1 aromatic carbocycles. The number of thiocarbonyl (C=S) groups is 1. The van der Waals surface area contributed by atoms with Gasteiger partial charge in [-0.2, -0.15) is 5.26 Å². The number of carbonyl (C=O) groups excluding carboxylic acids is 1. The maximum absolute atomic E-state index is 12.2. The molecular weight excluding hydrogens is 270 g/mol. The van der Waals surface area contributed by atoms with Crippen LogP contribution < -0.4 is 5.32 Å². The summed E-state index contributed by atoms with van der Waals surface area (Å²) in [6.07, 6.45) is 3.65. The number of benzene rings is 1. The zero-order chi connectivity index (χ0) is 14.5. The van der Waals surface area contributed by atoms with E-state index in [9.17, 15) is 4.79 Å². The fraction of sp³-hybridized carbons (Fsp3) is 0.267. The summed E-state index contributed by atoms with van der Waals surface area (Å²) in [4.78, 5) is 13.8. The number of carbonyl (C=O) groups is 1. The molecule has 5 heteroatoms. The predicted octanol–water partition coefficient (Wildman–Crippen LogP) is 2.42. The van der Waals surface area contributed by atoms with E-state index >= 15 is 0 Å². The fourth-order valence-corrected chi connectivity index (χ4v) is 2.24. The normalized spacial score (nSPS) is 16.4. The van der Waals surface area contributed by atoms with Gasteiger partial charge in [-0.3, -0.25) is 9.69 Å². The van der Waals surface area contributed by atoms with Crippen LogP contribution in [0.2, 0.25) is 0 Å². The molecule has 0 aromatic heterocycles. The van der Waals surface area contributed by atoms with Gasteiger partial charge in [-0.05, 0) is 42.4 Å². The molecular formula is C15H15N3OS. The van der Waals surface area contributed by atoms with Crippen molar-refractivity contribution < 1.29 is 4.79 Å². The molecule has 1 aliphatic rings. The van der Waals surface area contributed by atoms with Crippen molar-refractivity contribution in [3.05, 3.63) is 41.1 Å². The summed E-state index contributed by atoms with van der Waals surface area (Å²) in [7, 11) is 0. The molecule has 4 nitrogen and oxygen atoms in total. The molecule has 0 saturated carbocycles. The van der Waals surface area contributed by atoms with Gasteiger partial charge in [-0.25, -0.2) is 0 Å². The maximum atomic E-state index is 12.2. The number of hydrogen-bond donors (Lipinski definition) is 1. The number of amides is 1. The molecule has 0 spiro atoms. The second kappa shape index (κ2) is 6.31. The van der Waals surface area contributed by atoms with Crippen LogP contribution in [0.1, 0.15) is 30.9 Å². The van der Waals surface area contributed by atoms with Crippen LogP contribution >= 0.6 is 12.2 Å². The van der Waals surface area contributed by atoms with E-state index in [1.807, 2.05) is 6.07 Å². The molecule has 0 radical (unpaired) electrons. The minimum Gasteiger partial charge on any atom is -0.328 e. The lowest BCUT2D eigenvalue weighted by atomic mass is 10.1. The molecule has 0 bridgehead atoms. The molecule has 20 heavy (non-hydrogen) atoms. The van der Waals surface area contributed by atoms with Crippen molar-refractivity contribution >= 4 is 29.3 Å². The van der Waals surface area contributed by atoms with E-state index in [0.29, 0.717) is 22.9 Å². The van der Waals surface area contributed by atoms with Gasteiger partial charge >= 0.3 is 0 Å². The number of nitriles is 1. The highest BCUT2D eigenvalue weighted by molar-refractivity contribution is 7.80. The zero-order valence-electron chi connectivity index (χ0n) is 11.2. The first-order valence-electron chi connectivity index (χ1n) is 6.50. The number of rotatable bonds is 4. The zero-order valence-corrected chi connectivity index (χ0v) is 12.0. The van der Waals surface area contributed by atoms with Crippen molar-refractivity contribution in [1.82, 2.24) is 10.2 Å². The van der Waals surface area contributed by atoms with Crippen molar-refractivity contribution in [2.24, 2.45) is 0 Å². The van der Waals surface area contributed by atoms with E-state index < -0.39 is 0 Å². The highest BCUT2D eigenvalue weighted by Gasteiger charge is 2.29. The van der Waals surface area contributed by atoms with Gasteiger partial charge in [0.1, 0.15) is 5.70 Å². The number of nitrogens with zero attached hydrogens (tertiary/aromatic N) is 2. The summed E-state index contributed by atoms with van der Waals surface area (Å²) in [5.74, 6) is -0.106. The Morgan fingerprint density at radius 1 is 1.50 bits per heavy atom. The minimum atomic E-state index is -0.106. The van der Waals surface area contributed by atoms with Gasteiger partial charge in [0.25, 0.3) is 5.91 Å². The first-order chi connectivity index (χ1) is 9.65. The monoisotopic (exact) mass is 285 g/mol. The topological polar surface area (TPSA) is 56.1 Å². The molecule has 2 rings (SSSR count). The Kier molecular flexibility index (Phi) is 4.49. The summed E-state index contributed by atoms with van der Waals surface area (Å²) in [6.45, 7) is 2.71. The molecule has 0 unspecified atom stereocenters. The molecule has 102 valence electrons.